The molecule has 7 nitrogen and oxygen atoms in total. The fraction of sp³-hybridized carbons (Fsp3) is 0.522. The van der Waals surface area contributed by atoms with Gasteiger partial charge < -0.3 is 4.74 Å². The summed E-state index contributed by atoms with van der Waals surface area (Å²) >= 11 is 1.75. The van der Waals surface area contributed by atoms with E-state index in [0.29, 0.717) is 5.92 Å². The van der Waals surface area contributed by atoms with Gasteiger partial charge in [-0.3, -0.25) is 9.80 Å². The smallest absolute Gasteiger partial charge is 0.168 e. The maximum absolute atomic E-state index is 5.53. The molecule has 0 spiro atoms. The van der Waals surface area contributed by atoms with E-state index in [1.807, 2.05) is 16.8 Å². The predicted octanol–water partition coefficient (Wildman–Crippen LogP) is 3.70. The Morgan fingerprint density at radius 3 is 2.55 bits per heavy atom. The van der Waals surface area contributed by atoms with Crippen molar-refractivity contribution in [3.05, 3.63) is 58.0 Å². The van der Waals surface area contributed by atoms with Crippen LogP contribution >= 0.6 is 11.3 Å². The van der Waals surface area contributed by atoms with Gasteiger partial charge in [-0.25, -0.2) is 4.68 Å². The van der Waals surface area contributed by atoms with Gasteiger partial charge in [0.15, 0.2) is 5.82 Å². The van der Waals surface area contributed by atoms with Crippen LogP contribution in [-0.4, -0.2) is 63.3 Å². The molecule has 8 heteroatoms. The highest BCUT2D eigenvalue weighted by molar-refractivity contribution is 7.09. The van der Waals surface area contributed by atoms with Gasteiger partial charge in [-0.05, 0) is 40.3 Å². The van der Waals surface area contributed by atoms with Crippen LogP contribution in [0.5, 0.6) is 5.75 Å². The van der Waals surface area contributed by atoms with E-state index < -0.39 is 0 Å². The lowest BCUT2D eigenvalue weighted by Crippen LogP contribution is -2.48. The highest BCUT2D eigenvalue weighted by Crippen LogP contribution is 2.28. The number of hydrogen-bond donors (Lipinski definition) is 0. The lowest BCUT2D eigenvalue weighted by Gasteiger charge is -2.39. The second kappa shape index (κ2) is 10.3. The maximum Gasteiger partial charge on any atom is 0.168 e. The first-order valence-electron chi connectivity index (χ1n) is 11.0. The second-order valence-electron chi connectivity index (χ2n) is 8.54. The van der Waals surface area contributed by atoms with Gasteiger partial charge in [0, 0.05) is 43.2 Å². The normalized spacial score (nSPS) is 16.6. The first-order chi connectivity index (χ1) is 15.1. The molecule has 0 N–H and O–H groups in total. The van der Waals surface area contributed by atoms with Crippen molar-refractivity contribution in [3.63, 3.8) is 0 Å². The Kier molecular flexibility index (Phi) is 7.32. The Hall–Kier alpha value is -2.29. The van der Waals surface area contributed by atoms with Gasteiger partial charge in [0.2, 0.25) is 0 Å². The van der Waals surface area contributed by atoms with Crippen LogP contribution in [0, 0.1) is 5.92 Å². The van der Waals surface area contributed by atoms with Crippen LogP contribution in [0.4, 0.5) is 0 Å². The second-order valence-corrected chi connectivity index (χ2v) is 9.58. The molecule has 3 heterocycles. The molecule has 0 radical (unpaired) electrons. The van der Waals surface area contributed by atoms with Crippen LogP contribution in [0.1, 0.15) is 42.6 Å². The summed E-state index contributed by atoms with van der Waals surface area (Å²) in [6.07, 6.45) is 1.05. The van der Waals surface area contributed by atoms with E-state index in [1.165, 1.54) is 10.4 Å². The average molecular weight is 441 g/mol. The summed E-state index contributed by atoms with van der Waals surface area (Å²) in [5, 5.41) is 14.9. The third-order valence-electron chi connectivity index (χ3n) is 5.87. The third-order valence-corrected chi connectivity index (χ3v) is 6.73. The number of methoxy groups -OCH3 is 1. The van der Waals surface area contributed by atoms with Crippen LogP contribution < -0.4 is 4.74 Å². The Bertz CT molecular complexity index is 933. The Labute approximate surface area is 188 Å². The van der Waals surface area contributed by atoms with Gasteiger partial charge >= 0.3 is 0 Å². The number of ether oxygens (including phenoxy) is 1. The van der Waals surface area contributed by atoms with Crippen molar-refractivity contribution in [2.24, 2.45) is 5.92 Å². The summed E-state index contributed by atoms with van der Waals surface area (Å²) in [5.41, 5.74) is 1.25. The fourth-order valence-corrected chi connectivity index (χ4v) is 4.97. The van der Waals surface area contributed by atoms with Crippen LogP contribution in [0.3, 0.4) is 0 Å². The number of tetrazole rings is 1. The molecule has 1 atom stereocenters. The zero-order chi connectivity index (χ0) is 21.6. The summed E-state index contributed by atoms with van der Waals surface area (Å²) < 4.78 is 7.52. The number of thiophene rings is 1. The van der Waals surface area contributed by atoms with E-state index >= 15 is 0 Å². The molecular formula is C23H32N6OS. The van der Waals surface area contributed by atoms with Crippen molar-refractivity contribution >= 4 is 11.3 Å². The van der Waals surface area contributed by atoms with E-state index in [2.05, 4.69) is 68.8 Å². The molecule has 1 aromatic carbocycles. The molecule has 0 saturated carbocycles. The van der Waals surface area contributed by atoms with Crippen molar-refractivity contribution in [2.75, 3.05) is 33.3 Å². The molecule has 2 aromatic heterocycles. The van der Waals surface area contributed by atoms with Gasteiger partial charge in [0.05, 0.1) is 19.7 Å². The summed E-state index contributed by atoms with van der Waals surface area (Å²) in [6, 6.07) is 12.8. The van der Waals surface area contributed by atoms with Gasteiger partial charge in [0.1, 0.15) is 5.75 Å². The summed E-state index contributed by atoms with van der Waals surface area (Å²) in [6.45, 7) is 10.3. The maximum atomic E-state index is 5.53. The van der Waals surface area contributed by atoms with Crippen molar-refractivity contribution in [2.45, 2.75) is 39.4 Å². The standard InChI is InChI=1S/C23H32N6OS/c1-18(2)15-21(23-24-25-26-29(23)17-20-8-6-14-31-20)28-12-10-27(11-13-28)16-19-7-4-5-9-22(19)30-3/h4-9,14,18,21H,10-13,15-17H2,1-3H3/t21-/m0/s1. The number of hydrogen-bond acceptors (Lipinski definition) is 7. The highest BCUT2D eigenvalue weighted by Gasteiger charge is 2.30. The molecule has 0 amide bonds. The number of piperazine rings is 1. The first kappa shape index (κ1) is 21.9. The summed E-state index contributed by atoms with van der Waals surface area (Å²) in [5.74, 6) is 2.53. The Balaban J connectivity index is 1.44. The van der Waals surface area contributed by atoms with Crippen LogP contribution in [0.25, 0.3) is 0 Å². The minimum absolute atomic E-state index is 0.239. The molecule has 1 aliphatic heterocycles. The summed E-state index contributed by atoms with van der Waals surface area (Å²) in [7, 11) is 1.74. The third kappa shape index (κ3) is 5.50. The minimum atomic E-state index is 0.239. The molecule has 0 aliphatic carbocycles. The molecule has 1 aliphatic rings. The highest BCUT2D eigenvalue weighted by atomic mass is 32.1. The van der Waals surface area contributed by atoms with Crippen molar-refractivity contribution in [1.82, 2.24) is 30.0 Å². The average Bonchev–Trinajstić information content (AvgIpc) is 3.46. The molecule has 0 unspecified atom stereocenters. The van der Waals surface area contributed by atoms with Gasteiger partial charge in [-0.2, -0.15) is 0 Å². The van der Waals surface area contributed by atoms with Crippen LogP contribution in [0.15, 0.2) is 41.8 Å². The SMILES string of the molecule is COc1ccccc1CN1CCN([C@@H](CC(C)C)c2nnnn2Cc2cccs2)CC1. The van der Waals surface area contributed by atoms with Gasteiger partial charge in [-0.15, -0.1) is 16.4 Å². The molecule has 1 saturated heterocycles. The number of nitrogens with zero attached hydrogens (tertiary/aromatic N) is 6. The van der Waals surface area contributed by atoms with E-state index in [1.54, 1.807) is 18.4 Å². The zero-order valence-electron chi connectivity index (χ0n) is 18.6. The molecule has 166 valence electrons. The fourth-order valence-electron chi connectivity index (χ4n) is 4.28. The Morgan fingerprint density at radius 1 is 1.03 bits per heavy atom. The Morgan fingerprint density at radius 2 is 1.84 bits per heavy atom. The van der Waals surface area contributed by atoms with E-state index in [4.69, 9.17) is 4.74 Å². The topological polar surface area (TPSA) is 59.3 Å². The molecule has 4 rings (SSSR count). The quantitative estimate of drug-likeness (QED) is 0.506. The number of para-hydroxylation sites is 1. The predicted molar refractivity (Wildman–Crippen MR) is 123 cm³/mol. The number of benzene rings is 1. The van der Waals surface area contributed by atoms with Crippen LogP contribution in [-0.2, 0) is 13.1 Å². The van der Waals surface area contributed by atoms with Crippen molar-refractivity contribution in [3.8, 4) is 5.75 Å². The molecule has 0 bridgehead atoms. The minimum Gasteiger partial charge on any atom is -0.496 e. The lowest BCUT2D eigenvalue weighted by atomic mass is 10.0. The molecule has 31 heavy (non-hydrogen) atoms. The van der Waals surface area contributed by atoms with Gasteiger partial charge in [-0.1, -0.05) is 38.1 Å². The summed E-state index contributed by atoms with van der Waals surface area (Å²) in [4.78, 5) is 6.35. The number of rotatable bonds is 9. The number of aromatic nitrogens is 4. The lowest BCUT2D eigenvalue weighted by molar-refractivity contribution is 0.0766. The van der Waals surface area contributed by atoms with E-state index in [0.717, 1.165) is 57.3 Å². The molecular weight excluding hydrogens is 408 g/mol. The van der Waals surface area contributed by atoms with Crippen molar-refractivity contribution < 1.29 is 4.74 Å². The first-order valence-corrected chi connectivity index (χ1v) is 11.9. The monoisotopic (exact) mass is 440 g/mol. The largest absolute Gasteiger partial charge is 0.496 e. The van der Waals surface area contributed by atoms with E-state index in [-0.39, 0.29) is 6.04 Å². The van der Waals surface area contributed by atoms with Crippen molar-refractivity contribution in [1.29, 1.82) is 0 Å². The zero-order valence-corrected chi connectivity index (χ0v) is 19.5. The molecule has 3 aromatic rings. The van der Waals surface area contributed by atoms with Crippen LogP contribution in [0.2, 0.25) is 0 Å². The molecule has 1 fully saturated rings. The van der Waals surface area contributed by atoms with E-state index in [9.17, 15) is 0 Å². The van der Waals surface area contributed by atoms with Gasteiger partial charge in [0.25, 0.3) is 0 Å².